The normalized spacial score (nSPS) is 26.4. The van der Waals surface area contributed by atoms with Gasteiger partial charge in [-0.05, 0) is 19.4 Å². The SMILES string of the molecule is C[C@@H]1CN(CC(C)(C)C(O)c2ccccc2)C[C@H](C)O1. The average Bonchev–Trinajstić information content (AvgIpc) is 2.37. The molecule has 0 saturated carbocycles. The number of rotatable bonds is 4. The summed E-state index contributed by atoms with van der Waals surface area (Å²) >= 11 is 0. The molecule has 1 aliphatic heterocycles. The molecular formula is C17H27NO2. The van der Waals surface area contributed by atoms with Crippen molar-refractivity contribution in [3.8, 4) is 0 Å². The third-order valence-electron chi connectivity index (χ3n) is 3.98. The summed E-state index contributed by atoms with van der Waals surface area (Å²) in [6.07, 6.45) is 0.0870. The summed E-state index contributed by atoms with van der Waals surface area (Å²) in [5.74, 6) is 0. The second-order valence-corrected chi connectivity index (χ2v) is 6.75. The Morgan fingerprint density at radius 1 is 1.20 bits per heavy atom. The summed E-state index contributed by atoms with van der Waals surface area (Å²) in [6.45, 7) is 11.3. The number of hydrogen-bond acceptors (Lipinski definition) is 3. The molecule has 1 unspecified atom stereocenters. The molecule has 0 spiro atoms. The zero-order chi connectivity index (χ0) is 14.8. The van der Waals surface area contributed by atoms with E-state index in [2.05, 4.69) is 32.6 Å². The Hall–Kier alpha value is -0.900. The molecule has 3 nitrogen and oxygen atoms in total. The minimum absolute atomic E-state index is 0.182. The quantitative estimate of drug-likeness (QED) is 0.918. The Bertz CT molecular complexity index is 408. The molecule has 1 aliphatic rings. The summed E-state index contributed by atoms with van der Waals surface area (Å²) in [4.78, 5) is 2.41. The van der Waals surface area contributed by atoms with Gasteiger partial charge in [-0.15, -0.1) is 0 Å². The van der Waals surface area contributed by atoms with Crippen LogP contribution in [0, 0.1) is 5.41 Å². The van der Waals surface area contributed by atoms with Crippen molar-refractivity contribution in [2.24, 2.45) is 5.41 Å². The Morgan fingerprint density at radius 2 is 1.75 bits per heavy atom. The fourth-order valence-corrected chi connectivity index (χ4v) is 3.16. The second-order valence-electron chi connectivity index (χ2n) is 6.75. The van der Waals surface area contributed by atoms with E-state index in [0.29, 0.717) is 0 Å². The van der Waals surface area contributed by atoms with Crippen LogP contribution in [0.25, 0.3) is 0 Å². The van der Waals surface area contributed by atoms with Crippen LogP contribution in [-0.2, 0) is 4.74 Å². The Morgan fingerprint density at radius 3 is 2.30 bits per heavy atom. The third kappa shape index (κ3) is 3.81. The highest BCUT2D eigenvalue weighted by Gasteiger charge is 2.33. The van der Waals surface area contributed by atoms with Crippen LogP contribution in [0.5, 0.6) is 0 Å². The third-order valence-corrected chi connectivity index (χ3v) is 3.98. The molecule has 3 atom stereocenters. The molecule has 2 rings (SSSR count). The van der Waals surface area contributed by atoms with Gasteiger partial charge >= 0.3 is 0 Å². The predicted octanol–water partition coefficient (Wildman–Crippen LogP) is 2.86. The van der Waals surface area contributed by atoms with Crippen molar-refractivity contribution >= 4 is 0 Å². The molecule has 1 N–H and O–H groups in total. The van der Waals surface area contributed by atoms with Crippen molar-refractivity contribution in [3.63, 3.8) is 0 Å². The van der Waals surface area contributed by atoms with Gasteiger partial charge in [0, 0.05) is 25.0 Å². The van der Waals surface area contributed by atoms with Crippen molar-refractivity contribution in [2.75, 3.05) is 19.6 Å². The van der Waals surface area contributed by atoms with Gasteiger partial charge < -0.3 is 9.84 Å². The number of morpholine rings is 1. The van der Waals surface area contributed by atoms with Gasteiger partial charge in [-0.1, -0.05) is 44.2 Å². The lowest BCUT2D eigenvalue weighted by molar-refractivity contribution is -0.0859. The Balaban J connectivity index is 2.03. The molecule has 0 aromatic heterocycles. The van der Waals surface area contributed by atoms with E-state index in [-0.39, 0.29) is 17.6 Å². The lowest BCUT2D eigenvalue weighted by Crippen LogP contribution is -2.49. The number of hydrogen-bond donors (Lipinski definition) is 1. The van der Waals surface area contributed by atoms with E-state index >= 15 is 0 Å². The molecule has 1 heterocycles. The molecular weight excluding hydrogens is 250 g/mol. The number of aliphatic hydroxyl groups excluding tert-OH is 1. The zero-order valence-electron chi connectivity index (χ0n) is 13.0. The van der Waals surface area contributed by atoms with Gasteiger partial charge in [0.25, 0.3) is 0 Å². The largest absolute Gasteiger partial charge is 0.388 e. The van der Waals surface area contributed by atoms with E-state index in [1.807, 2.05) is 30.3 Å². The first kappa shape index (κ1) is 15.5. The number of benzene rings is 1. The predicted molar refractivity (Wildman–Crippen MR) is 81.6 cm³/mol. The maximum atomic E-state index is 10.7. The van der Waals surface area contributed by atoms with Crippen molar-refractivity contribution in [2.45, 2.75) is 46.0 Å². The van der Waals surface area contributed by atoms with Gasteiger partial charge in [0.05, 0.1) is 18.3 Å². The van der Waals surface area contributed by atoms with Crippen LogP contribution >= 0.6 is 0 Å². The molecule has 0 aliphatic carbocycles. The molecule has 0 radical (unpaired) electrons. The van der Waals surface area contributed by atoms with Crippen LogP contribution in [-0.4, -0.2) is 41.8 Å². The highest BCUT2D eigenvalue weighted by Crippen LogP contribution is 2.34. The Kier molecular flexibility index (Phi) is 4.84. The van der Waals surface area contributed by atoms with E-state index in [4.69, 9.17) is 4.74 Å². The molecule has 20 heavy (non-hydrogen) atoms. The van der Waals surface area contributed by atoms with Gasteiger partial charge in [-0.2, -0.15) is 0 Å². The molecule has 3 heteroatoms. The molecule has 1 aromatic carbocycles. The van der Waals surface area contributed by atoms with Crippen LogP contribution in [0.1, 0.15) is 39.4 Å². The Labute approximate surface area is 122 Å². The molecule has 1 aromatic rings. The van der Waals surface area contributed by atoms with E-state index in [0.717, 1.165) is 25.2 Å². The molecule has 1 fully saturated rings. The van der Waals surface area contributed by atoms with Gasteiger partial charge in [-0.3, -0.25) is 4.90 Å². The summed E-state index contributed by atoms with van der Waals surface area (Å²) in [5, 5.41) is 10.7. The van der Waals surface area contributed by atoms with E-state index in [9.17, 15) is 5.11 Å². The van der Waals surface area contributed by atoms with E-state index in [1.165, 1.54) is 0 Å². The summed E-state index contributed by atoms with van der Waals surface area (Å²) in [6, 6.07) is 9.93. The smallest absolute Gasteiger partial charge is 0.0853 e. The first-order valence-electron chi connectivity index (χ1n) is 7.49. The van der Waals surface area contributed by atoms with Crippen LogP contribution in [0.15, 0.2) is 30.3 Å². The second kappa shape index (κ2) is 6.25. The van der Waals surface area contributed by atoms with Gasteiger partial charge in [-0.25, -0.2) is 0 Å². The van der Waals surface area contributed by atoms with Crippen molar-refractivity contribution in [1.29, 1.82) is 0 Å². The number of nitrogens with zero attached hydrogens (tertiary/aromatic N) is 1. The minimum Gasteiger partial charge on any atom is -0.388 e. The lowest BCUT2D eigenvalue weighted by atomic mass is 9.82. The zero-order valence-corrected chi connectivity index (χ0v) is 13.0. The van der Waals surface area contributed by atoms with Crippen molar-refractivity contribution in [3.05, 3.63) is 35.9 Å². The van der Waals surface area contributed by atoms with Crippen molar-refractivity contribution in [1.82, 2.24) is 4.90 Å². The standard InChI is InChI=1S/C17H27NO2/c1-13-10-18(11-14(2)20-13)12-17(3,4)16(19)15-8-6-5-7-9-15/h5-9,13-14,16,19H,10-12H2,1-4H3/t13-,14+,16?. The van der Waals surface area contributed by atoms with Crippen LogP contribution in [0.2, 0.25) is 0 Å². The molecule has 0 amide bonds. The van der Waals surface area contributed by atoms with E-state index in [1.54, 1.807) is 0 Å². The average molecular weight is 277 g/mol. The van der Waals surface area contributed by atoms with Gasteiger partial charge in [0.1, 0.15) is 0 Å². The van der Waals surface area contributed by atoms with E-state index < -0.39 is 6.10 Å². The summed E-state index contributed by atoms with van der Waals surface area (Å²) < 4.78 is 5.77. The lowest BCUT2D eigenvalue weighted by Gasteiger charge is -2.41. The highest BCUT2D eigenvalue weighted by atomic mass is 16.5. The summed E-state index contributed by atoms with van der Waals surface area (Å²) in [7, 11) is 0. The number of ether oxygens (including phenoxy) is 1. The fraction of sp³-hybridized carbons (Fsp3) is 0.647. The molecule has 1 saturated heterocycles. The number of aliphatic hydroxyl groups is 1. The topological polar surface area (TPSA) is 32.7 Å². The first-order valence-corrected chi connectivity index (χ1v) is 7.49. The van der Waals surface area contributed by atoms with Crippen molar-refractivity contribution < 1.29 is 9.84 Å². The maximum absolute atomic E-state index is 10.7. The van der Waals surface area contributed by atoms with Gasteiger partial charge in [0.2, 0.25) is 0 Å². The maximum Gasteiger partial charge on any atom is 0.0853 e. The molecule has 112 valence electrons. The first-order chi connectivity index (χ1) is 9.38. The minimum atomic E-state index is -0.447. The van der Waals surface area contributed by atoms with Gasteiger partial charge in [0.15, 0.2) is 0 Å². The van der Waals surface area contributed by atoms with Crippen LogP contribution < -0.4 is 0 Å². The fourth-order valence-electron chi connectivity index (χ4n) is 3.16. The van der Waals surface area contributed by atoms with Crippen LogP contribution in [0.3, 0.4) is 0 Å². The van der Waals surface area contributed by atoms with Crippen LogP contribution in [0.4, 0.5) is 0 Å². The molecule has 0 bridgehead atoms. The highest BCUT2D eigenvalue weighted by molar-refractivity contribution is 5.19. The summed E-state index contributed by atoms with van der Waals surface area (Å²) in [5.41, 5.74) is 0.810. The monoisotopic (exact) mass is 277 g/mol.